The first kappa shape index (κ1) is 14.0. The molecule has 1 saturated carbocycles. The molecule has 0 bridgehead atoms. The summed E-state index contributed by atoms with van der Waals surface area (Å²) >= 11 is 0. The van der Waals surface area contributed by atoms with Crippen molar-refractivity contribution in [3.05, 3.63) is 77.4 Å². The number of rotatable bonds is 1. The Bertz CT molecular complexity index is 830. The number of fused-ring (bicyclic) bond motifs is 3. The minimum absolute atomic E-state index is 0.0277. The summed E-state index contributed by atoms with van der Waals surface area (Å²) in [5.74, 6) is 0.291. The van der Waals surface area contributed by atoms with Crippen LogP contribution in [0.1, 0.15) is 54.8 Å². The summed E-state index contributed by atoms with van der Waals surface area (Å²) in [5.41, 5.74) is 4.97. The van der Waals surface area contributed by atoms with Gasteiger partial charge in [-0.2, -0.15) is 0 Å². The van der Waals surface area contributed by atoms with Crippen LogP contribution in [0.5, 0.6) is 0 Å². The monoisotopic (exact) mass is 315 g/mol. The maximum Gasteiger partial charge on any atom is 0.228 e. The predicted octanol–water partition coefficient (Wildman–Crippen LogP) is 4.92. The first-order valence-corrected chi connectivity index (χ1v) is 8.97. The Labute approximate surface area is 142 Å². The Hall–Kier alpha value is -2.35. The Morgan fingerprint density at radius 2 is 1.62 bits per heavy atom. The van der Waals surface area contributed by atoms with Gasteiger partial charge in [-0.05, 0) is 29.4 Å². The maximum atomic E-state index is 13.2. The fourth-order valence-electron chi connectivity index (χ4n) is 4.89. The molecule has 0 N–H and O–H groups in total. The van der Waals surface area contributed by atoms with E-state index in [1.807, 2.05) is 6.07 Å². The predicted molar refractivity (Wildman–Crippen MR) is 95.1 cm³/mol. The van der Waals surface area contributed by atoms with Crippen LogP contribution in [0, 0.1) is 5.41 Å². The summed E-state index contributed by atoms with van der Waals surface area (Å²) in [6.45, 7) is 0. The molecule has 1 spiro atoms. The molecule has 2 aliphatic heterocycles. The van der Waals surface area contributed by atoms with Gasteiger partial charge in [-0.25, -0.2) is 0 Å². The van der Waals surface area contributed by atoms with E-state index in [0.29, 0.717) is 12.3 Å². The highest BCUT2D eigenvalue weighted by atomic mass is 16.2. The van der Waals surface area contributed by atoms with Gasteiger partial charge < -0.3 is 4.90 Å². The van der Waals surface area contributed by atoms with Crippen LogP contribution >= 0.6 is 0 Å². The lowest BCUT2D eigenvalue weighted by Crippen LogP contribution is -2.37. The third-order valence-corrected chi connectivity index (χ3v) is 5.98. The lowest BCUT2D eigenvalue weighted by atomic mass is 9.78. The van der Waals surface area contributed by atoms with E-state index in [4.69, 9.17) is 0 Å². The smallest absolute Gasteiger partial charge is 0.228 e. The number of carbonyl (C=O) groups excluding carboxylic acids is 1. The molecule has 1 atom stereocenters. The largest absolute Gasteiger partial charge is 0.300 e. The highest BCUT2D eigenvalue weighted by molar-refractivity contribution is 5.94. The van der Waals surface area contributed by atoms with Crippen LogP contribution in [-0.2, 0) is 4.79 Å². The molecule has 2 heteroatoms. The standard InChI is InChI=1S/C22H21NO/c24-20-15-22(12-6-7-13-22)14-19-17-10-4-5-11-18(17)21(23(19)20)16-8-2-1-3-9-16/h1-5,8-11,14,21H,6-7,12-13,15H2/t21-/m0/s1. The minimum atomic E-state index is 0.0277. The summed E-state index contributed by atoms with van der Waals surface area (Å²) < 4.78 is 0. The molecule has 1 fully saturated rings. The molecule has 2 heterocycles. The van der Waals surface area contributed by atoms with E-state index in [0.717, 1.165) is 18.5 Å². The number of hydrogen-bond acceptors (Lipinski definition) is 1. The molecule has 1 aliphatic carbocycles. The van der Waals surface area contributed by atoms with Crippen LogP contribution in [-0.4, -0.2) is 10.8 Å². The first-order chi connectivity index (χ1) is 11.8. The van der Waals surface area contributed by atoms with Crippen molar-refractivity contribution in [2.45, 2.75) is 38.1 Å². The third kappa shape index (κ3) is 1.92. The number of nitrogens with zero attached hydrogens (tertiary/aromatic N) is 1. The van der Waals surface area contributed by atoms with E-state index in [9.17, 15) is 4.79 Å². The molecule has 5 rings (SSSR count). The fraction of sp³-hybridized carbons (Fsp3) is 0.318. The number of carbonyl (C=O) groups is 1. The van der Waals surface area contributed by atoms with Crippen molar-refractivity contribution in [1.82, 2.24) is 4.90 Å². The second kappa shape index (κ2) is 5.07. The second-order valence-corrected chi connectivity index (χ2v) is 7.44. The van der Waals surface area contributed by atoms with Crippen molar-refractivity contribution in [1.29, 1.82) is 0 Å². The van der Waals surface area contributed by atoms with Gasteiger partial charge in [0.25, 0.3) is 0 Å². The molecule has 0 saturated heterocycles. The van der Waals surface area contributed by atoms with Gasteiger partial charge in [0.15, 0.2) is 0 Å². The number of benzene rings is 2. The molecular formula is C22H21NO. The van der Waals surface area contributed by atoms with Crippen LogP contribution in [0.2, 0.25) is 0 Å². The quantitative estimate of drug-likeness (QED) is 0.731. The van der Waals surface area contributed by atoms with E-state index in [2.05, 4.69) is 59.5 Å². The highest BCUT2D eigenvalue weighted by Crippen LogP contribution is 2.54. The van der Waals surface area contributed by atoms with Crippen LogP contribution in [0.25, 0.3) is 5.70 Å². The molecule has 0 aromatic heterocycles. The molecule has 3 aliphatic rings. The molecule has 120 valence electrons. The van der Waals surface area contributed by atoms with Gasteiger partial charge in [0, 0.05) is 17.7 Å². The van der Waals surface area contributed by atoms with Gasteiger partial charge >= 0.3 is 0 Å². The molecule has 0 radical (unpaired) electrons. The Kier molecular flexibility index (Phi) is 2.97. The normalized spacial score (nSPS) is 24.0. The topological polar surface area (TPSA) is 20.3 Å². The van der Waals surface area contributed by atoms with Gasteiger partial charge in [0.1, 0.15) is 0 Å². The summed E-state index contributed by atoms with van der Waals surface area (Å²) in [5, 5.41) is 0. The second-order valence-electron chi connectivity index (χ2n) is 7.44. The Morgan fingerprint density at radius 3 is 2.42 bits per heavy atom. The van der Waals surface area contributed by atoms with Gasteiger partial charge in [-0.3, -0.25) is 4.79 Å². The zero-order chi connectivity index (χ0) is 16.1. The van der Waals surface area contributed by atoms with Gasteiger partial charge in [0.2, 0.25) is 5.91 Å². The Balaban J connectivity index is 1.71. The van der Waals surface area contributed by atoms with Crippen molar-refractivity contribution < 1.29 is 4.79 Å². The third-order valence-electron chi connectivity index (χ3n) is 5.98. The van der Waals surface area contributed by atoms with Crippen molar-refractivity contribution in [3.8, 4) is 0 Å². The maximum absolute atomic E-state index is 13.2. The van der Waals surface area contributed by atoms with Gasteiger partial charge in [0.05, 0.1) is 6.04 Å². The fourth-order valence-corrected chi connectivity index (χ4v) is 4.89. The molecule has 1 amide bonds. The number of hydrogen-bond donors (Lipinski definition) is 0. The van der Waals surface area contributed by atoms with Crippen molar-refractivity contribution in [2.75, 3.05) is 0 Å². The summed E-state index contributed by atoms with van der Waals surface area (Å²) in [6, 6.07) is 19.0. The molecular weight excluding hydrogens is 294 g/mol. The van der Waals surface area contributed by atoms with Crippen molar-refractivity contribution in [3.63, 3.8) is 0 Å². The molecule has 2 nitrogen and oxygen atoms in total. The summed E-state index contributed by atoms with van der Waals surface area (Å²) in [6.07, 6.45) is 7.93. The van der Waals surface area contributed by atoms with E-state index in [1.165, 1.54) is 29.5 Å². The molecule has 2 aromatic carbocycles. The van der Waals surface area contributed by atoms with Gasteiger partial charge in [-0.15, -0.1) is 0 Å². The summed E-state index contributed by atoms with van der Waals surface area (Å²) in [7, 11) is 0. The number of allylic oxidation sites excluding steroid dienone is 1. The first-order valence-electron chi connectivity index (χ1n) is 8.97. The van der Waals surface area contributed by atoms with Gasteiger partial charge in [-0.1, -0.05) is 73.5 Å². The summed E-state index contributed by atoms with van der Waals surface area (Å²) in [4.78, 5) is 15.2. The minimum Gasteiger partial charge on any atom is -0.300 e. The van der Waals surface area contributed by atoms with Crippen molar-refractivity contribution in [2.24, 2.45) is 5.41 Å². The van der Waals surface area contributed by atoms with E-state index in [-0.39, 0.29) is 11.5 Å². The zero-order valence-electron chi connectivity index (χ0n) is 13.7. The van der Waals surface area contributed by atoms with Crippen LogP contribution < -0.4 is 0 Å². The van der Waals surface area contributed by atoms with E-state index >= 15 is 0 Å². The number of amides is 1. The van der Waals surface area contributed by atoms with Crippen LogP contribution in [0.4, 0.5) is 0 Å². The lowest BCUT2D eigenvalue weighted by Gasteiger charge is -2.37. The van der Waals surface area contributed by atoms with Crippen molar-refractivity contribution >= 4 is 11.6 Å². The molecule has 24 heavy (non-hydrogen) atoms. The lowest BCUT2D eigenvalue weighted by molar-refractivity contribution is -0.131. The van der Waals surface area contributed by atoms with Crippen LogP contribution in [0.3, 0.4) is 0 Å². The Morgan fingerprint density at radius 1 is 0.917 bits per heavy atom. The zero-order valence-corrected chi connectivity index (χ0v) is 13.7. The molecule has 2 aromatic rings. The highest BCUT2D eigenvalue weighted by Gasteiger charge is 2.47. The SMILES string of the molecule is O=C1CC2(C=C3c4ccccc4[C@H](c4ccccc4)N13)CCCC2. The molecule has 0 unspecified atom stereocenters. The van der Waals surface area contributed by atoms with E-state index < -0.39 is 0 Å². The van der Waals surface area contributed by atoms with Crippen LogP contribution in [0.15, 0.2) is 60.7 Å². The average molecular weight is 315 g/mol. The average Bonchev–Trinajstić information content (AvgIpc) is 3.19. The van der Waals surface area contributed by atoms with E-state index in [1.54, 1.807) is 0 Å².